The van der Waals surface area contributed by atoms with E-state index in [0.717, 1.165) is 11.3 Å². The lowest BCUT2D eigenvalue weighted by Crippen LogP contribution is -2.52. The number of hydrogen-bond acceptors (Lipinski definition) is 7. The van der Waals surface area contributed by atoms with E-state index in [1.807, 2.05) is 24.3 Å². The third-order valence-corrected chi connectivity index (χ3v) is 4.80. The van der Waals surface area contributed by atoms with Crippen molar-refractivity contribution < 1.29 is 29.2 Å². The number of aliphatic hydroxyl groups excluding tert-OH is 1. The molecule has 26 heavy (non-hydrogen) atoms. The lowest BCUT2D eigenvalue weighted by Gasteiger charge is -2.32. The van der Waals surface area contributed by atoms with E-state index in [1.54, 1.807) is 21.0 Å². The zero-order chi connectivity index (χ0) is 18.9. The number of rotatable bonds is 6. The highest BCUT2D eigenvalue weighted by atomic mass is 16.8. The van der Waals surface area contributed by atoms with Crippen LogP contribution in [0, 0.1) is 0 Å². The standard InChI is InChI=1S/C17H23N3O6/c1-16(2)25-13-12(24-8-10-4-6-11(23-3)7-5-10)14(19-20-18)17(22,9-21)15(13)26-16/h4-7,12-15,21-22H,8-9H2,1-3H3/t12-,13+,14-,15+,17+/m1/s1. The molecule has 1 heterocycles. The van der Waals surface area contributed by atoms with Gasteiger partial charge in [0.25, 0.3) is 0 Å². The summed E-state index contributed by atoms with van der Waals surface area (Å²) in [4.78, 5) is 2.80. The highest BCUT2D eigenvalue weighted by molar-refractivity contribution is 5.27. The van der Waals surface area contributed by atoms with Crippen molar-refractivity contribution in [2.24, 2.45) is 5.11 Å². The van der Waals surface area contributed by atoms with Crippen molar-refractivity contribution in [1.29, 1.82) is 0 Å². The molecule has 1 aliphatic carbocycles. The third kappa shape index (κ3) is 3.25. The van der Waals surface area contributed by atoms with E-state index in [0.29, 0.717) is 0 Å². The van der Waals surface area contributed by atoms with Gasteiger partial charge in [0.05, 0.1) is 32.5 Å². The molecule has 1 aliphatic heterocycles. The molecule has 0 radical (unpaired) electrons. The summed E-state index contributed by atoms with van der Waals surface area (Å²) in [5, 5.41) is 24.3. The van der Waals surface area contributed by atoms with Crippen molar-refractivity contribution in [3.05, 3.63) is 40.3 Å². The summed E-state index contributed by atoms with van der Waals surface area (Å²) < 4.78 is 22.7. The van der Waals surface area contributed by atoms with Crippen LogP contribution >= 0.6 is 0 Å². The van der Waals surface area contributed by atoms with Gasteiger partial charge in [0.2, 0.25) is 0 Å². The number of ether oxygens (including phenoxy) is 4. The van der Waals surface area contributed by atoms with Crippen LogP contribution in [-0.2, 0) is 20.8 Å². The molecule has 2 fully saturated rings. The highest BCUT2D eigenvalue weighted by Gasteiger charge is 2.66. The Morgan fingerprint density at radius 2 is 1.96 bits per heavy atom. The summed E-state index contributed by atoms with van der Waals surface area (Å²) >= 11 is 0. The minimum absolute atomic E-state index is 0.209. The molecule has 142 valence electrons. The van der Waals surface area contributed by atoms with Crippen molar-refractivity contribution in [3.8, 4) is 5.75 Å². The molecule has 1 saturated heterocycles. The summed E-state index contributed by atoms with van der Waals surface area (Å²) in [6.07, 6.45) is -2.30. The molecule has 2 aliphatic rings. The van der Waals surface area contributed by atoms with Crippen LogP contribution in [-0.4, -0.2) is 59.7 Å². The van der Waals surface area contributed by atoms with Gasteiger partial charge in [0.1, 0.15) is 23.6 Å². The van der Waals surface area contributed by atoms with Crippen molar-refractivity contribution in [2.45, 2.75) is 56.2 Å². The maximum Gasteiger partial charge on any atom is 0.164 e. The van der Waals surface area contributed by atoms with Gasteiger partial charge in [-0.2, -0.15) is 0 Å². The molecule has 0 aromatic heterocycles. The monoisotopic (exact) mass is 365 g/mol. The molecule has 0 bridgehead atoms. The van der Waals surface area contributed by atoms with Gasteiger partial charge >= 0.3 is 0 Å². The number of benzene rings is 1. The highest BCUT2D eigenvalue weighted by Crippen LogP contribution is 2.46. The van der Waals surface area contributed by atoms with Crippen LogP contribution < -0.4 is 4.74 Å². The number of methoxy groups -OCH3 is 1. The van der Waals surface area contributed by atoms with Crippen LogP contribution in [0.5, 0.6) is 5.75 Å². The van der Waals surface area contributed by atoms with Gasteiger partial charge in [0, 0.05) is 4.91 Å². The van der Waals surface area contributed by atoms with E-state index in [2.05, 4.69) is 10.0 Å². The van der Waals surface area contributed by atoms with Crippen molar-refractivity contribution >= 4 is 0 Å². The Bertz CT molecular complexity index is 690. The number of fused-ring (bicyclic) bond motifs is 1. The van der Waals surface area contributed by atoms with E-state index < -0.39 is 42.3 Å². The Kier molecular flexibility index (Phi) is 5.12. The van der Waals surface area contributed by atoms with Crippen LogP contribution in [0.2, 0.25) is 0 Å². The van der Waals surface area contributed by atoms with Gasteiger partial charge in [-0.15, -0.1) is 0 Å². The average Bonchev–Trinajstić information content (AvgIpc) is 3.05. The minimum Gasteiger partial charge on any atom is -0.497 e. The molecule has 5 atom stereocenters. The van der Waals surface area contributed by atoms with Crippen LogP contribution in [0.4, 0.5) is 0 Å². The normalized spacial score (nSPS) is 35.0. The summed E-state index contributed by atoms with van der Waals surface area (Å²) in [5.74, 6) is -0.216. The second kappa shape index (κ2) is 7.03. The first kappa shape index (κ1) is 18.9. The first-order chi connectivity index (χ1) is 12.3. The molecule has 0 unspecified atom stereocenters. The fraction of sp³-hybridized carbons (Fsp3) is 0.647. The molecule has 1 aromatic rings. The predicted molar refractivity (Wildman–Crippen MR) is 90.4 cm³/mol. The minimum atomic E-state index is -1.78. The second-order valence-corrected chi connectivity index (χ2v) is 6.94. The fourth-order valence-electron chi connectivity index (χ4n) is 3.55. The molecule has 3 rings (SSSR count). The van der Waals surface area contributed by atoms with Crippen molar-refractivity contribution in [3.63, 3.8) is 0 Å². The lowest BCUT2D eigenvalue weighted by molar-refractivity contribution is -0.201. The molecule has 9 heteroatoms. The number of aliphatic hydroxyl groups is 2. The average molecular weight is 365 g/mol. The second-order valence-electron chi connectivity index (χ2n) is 6.94. The Balaban J connectivity index is 1.83. The smallest absolute Gasteiger partial charge is 0.164 e. The molecule has 9 nitrogen and oxygen atoms in total. The van der Waals surface area contributed by atoms with Gasteiger partial charge in [0.15, 0.2) is 5.79 Å². The van der Waals surface area contributed by atoms with Gasteiger partial charge in [-0.1, -0.05) is 17.2 Å². The zero-order valence-corrected chi connectivity index (χ0v) is 14.9. The molecule has 2 N–H and O–H groups in total. The van der Waals surface area contributed by atoms with Crippen LogP contribution in [0.25, 0.3) is 10.4 Å². The largest absolute Gasteiger partial charge is 0.497 e. The van der Waals surface area contributed by atoms with E-state index in [1.165, 1.54) is 0 Å². The molecular formula is C17H23N3O6. The number of nitrogens with zero attached hydrogens (tertiary/aromatic N) is 3. The summed E-state index contributed by atoms with van der Waals surface area (Å²) in [5.41, 5.74) is 7.99. The molecule has 0 spiro atoms. The van der Waals surface area contributed by atoms with Crippen LogP contribution in [0.1, 0.15) is 19.4 Å². The Morgan fingerprint density at radius 3 is 2.54 bits per heavy atom. The molecule has 0 amide bonds. The van der Waals surface area contributed by atoms with Gasteiger partial charge in [-0.25, -0.2) is 0 Å². The predicted octanol–water partition coefficient (Wildman–Crippen LogP) is 1.52. The Morgan fingerprint density at radius 1 is 1.27 bits per heavy atom. The topological polar surface area (TPSA) is 126 Å². The lowest BCUT2D eigenvalue weighted by atomic mass is 9.96. The maximum atomic E-state index is 10.9. The first-order valence-electron chi connectivity index (χ1n) is 8.32. The molecular weight excluding hydrogens is 342 g/mol. The Hall–Kier alpha value is -1.87. The zero-order valence-electron chi connectivity index (χ0n) is 14.9. The number of hydrogen-bond donors (Lipinski definition) is 2. The van der Waals surface area contributed by atoms with Crippen molar-refractivity contribution in [1.82, 2.24) is 0 Å². The van der Waals surface area contributed by atoms with Gasteiger partial charge in [-0.3, -0.25) is 0 Å². The molecule has 1 saturated carbocycles. The summed E-state index contributed by atoms with van der Waals surface area (Å²) in [7, 11) is 1.59. The first-order valence-corrected chi connectivity index (χ1v) is 8.32. The molecule has 1 aromatic carbocycles. The SMILES string of the molecule is COc1ccc(CO[C@@H]2[C@@H]3OC(C)(C)O[C@@H]3[C@](O)(CO)[C@@H]2N=[N+]=[N-])cc1. The van der Waals surface area contributed by atoms with E-state index in [4.69, 9.17) is 24.5 Å². The van der Waals surface area contributed by atoms with Crippen LogP contribution in [0.15, 0.2) is 29.4 Å². The van der Waals surface area contributed by atoms with Gasteiger partial charge < -0.3 is 29.2 Å². The third-order valence-electron chi connectivity index (χ3n) is 4.80. The van der Waals surface area contributed by atoms with E-state index >= 15 is 0 Å². The maximum absolute atomic E-state index is 10.9. The Labute approximate surface area is 151 Å². The van der Waals surface area contributed by atoms with Crippen LogP contribution in [0.3, 0.4) is 0 Å². The number of azide groups is 1. The van der Waals surface area contributed by atoms with E-state index in [9.17, 15) is 10.2 Å². The van der Waals surface area contributed by atoms with Crippen molar-refractivity contribution in [2.75, 3.05) is 13.7 Å². The van der Waals surface area contributed by atoms with Gasteiger partial charge in [-0.05, 0) is 37.1 Å². The van der Waals surface area contributed by atoms with E-state index in [-0.39, 0.29) is 6.61 Å². The summed E-state index contributed by atoms with van der Waals surface area (Å²) in [6.45, 7) is 3.00. The quantitative estimate of drug-likeness (QED) is 0.447. The summed E-state index contributed by atoms with van der Waals surface area (Å²) in [6, 6.07) is 6.28. The fourth-order valence-corrected chi connectivity index (χ4v) is 3.55.